The van der Waals surface area contributed by atoms with Crippen molar-refractivity contribution in [1.82, 2.24) is 20.2 Å². The summed E-state index contributed by atoms with van der Waals surface area (Å²) in [7, 11) is 0. The minimum atomic E-state index is -0.0699. The summed E-state index contributed by atoms with van der Waals surface area (Å²) in [5.74, 6) is 0.169. The van der Waals surface area contributed by atoms with Crippen LogP contribution in [0.4, 0.5) is 5.69 Å². The first-order chi connectivity index (χ1) is 13.0. The average Bonchev–Trinajstić information content (AvgIpc) is 3.12. The Balaban J connectivity index is 1.73. The molecule has 2 aromatic carbocycles. The van der Waals surface area contributed by atoms with Gasteiger partial charge in [-0.15, -0.1) is 5.10 Å². The second-order valence-corrected chi connectivity index (χ2v) is 7.33. The number of tetrazole rings is 1. The van der Waals surface area contributed by atoms with Gasteiger partial charge in [-0.3, -0.25) is 4.79 Å². The summed E-state index contributed by atoms with van der Waals surface area (Å²) in [6.45, 7) is 8.18. The van der Waals surface area contributed by atoms with E-state index in [1.807, 2.05) is 44.2 Å². The molecule has 0 aliphatic rings. The fraction of sp³-hybridized carbons (Fsp3) is 0.300. The van der Waals surface area contributed by atoms with Crippen LogP contribution in [-0.4, -0.2) is 31.9 Å². The number of carbonyl (C=O) groups is 1. The van der Waals surface area contributed by atoms with Crippen molar-refractivity contribution >= 4 is 23.4 Å². The molecule has 0 saturated carbocycles. The minimum absolute atomic E-state index is 0.0699. The van der Waals surface area contributed by atoms with Crippen LogP contribution in [0.5, 0.6) is 0 Å². The molecule has 3 rings (SSSR count). The third kappa shape index (κ3) is 4.19. The van der Waals surface area contributed by atoms with E-state index in [9.17, 15) is 4.79 Å². The summed E-state index contributed by atoms with van der Waals surface area (Å²) >= 11 is 1.32. The molecule has 0 radical (unpaired) electrons. The van der Waals surface area contributed by atoms with E-state index in [4.69, 9.17) is 0 Å². The highest BCUT2D eigenvalue weighted by Gasteiger charge is 2.15. The van der Waals surface area contributed by atoms with Crippen LogP contribution in [0.2, 0.25) is 0 Å². The Kier molecular flexibility index (Phi) is 5.91. The molecular weight excluding hydrogens is 358 g/mol. The van der Waals surface area contributed by atoms with Crippen LogP contribution in [-0.2, 0) is 11.2 Å². The van der Waals surface area contributed by atoms with Gasteiger partial charge in [-0.05, 0) is 65.9 Å². The molecule has 27 heavy (non-hydrogen) atoms. The fourth-order valence-electron chi connectivity index (χ4n) is 2.89. The summed E-state index contributed by atoms with van der Waals surface area (Å²) in [6.07, 6.45) is 0.870. The van der Waals surface area contributed by atoms with Crippen molar-refractivity contribution in [2.45, 2.75) is 39.3 Å². The lowest BCUT2D eigenvalue weighted by atomic mass is 10.1. The van der Waals surface area contributed by atoms with Gasteiger partial charge in [0.1, 0.15) is 0 Å². The summed E-state index contributed by atoms with van der Waals surface area (Å²) in [4.78, 5) is 12.5. The molecule has 140 valence electrons. The normalized spacial score (nSPS) is 10.8. The van der Waals surface area contributed by atoms with E-state index in [2.05, 4.69) is 40.8 Å². The topological polar surface area (TPSA) is 72.7 Å². The lowest BCUT2D eigenvalue weighted by molar-refractivity contribution is -0.113. The van der Waals surface area contributed by atoms with Crippen molar-refractivity contribution in [3.8, 4) is 5.69 Å². The van der Waals surface area contributed by atoms with Crippen molar-refractivity contribution in [3.63, 3.8) is 0 Å². The highest BCUT2D eigenvalue weighted by molar-refractivity contribution is 7.99. The maximum Gasteiger partial charge on any atom is 0.234 e. The van der Waals surface area contributed by atoms with E-state index in [0.717, 1.165) is 34.5 Å². The summed E-state index contributed by atoms with van der Waals surface area (Å²) in [5.41, 5.74) is 6.31. The number of amides is 1. The summed E-state index contributed by atoms with van der Waals surface area (Å²) in [6, 6.07) is 12.1. The Hall–Kier alpha value is -2.67. The zero-order chi connectivity index (χ0) is 19.4. The summed E-state index contributed by atoms with van der Waals surface area (Å²) in [5, 5.41) is 15.6. The Morgan fingerprint density at radius 3 is 2.63 bits per heavy atom. The van der Waals surface area contributed by atoms with Crippen molar-refractivity contribution in [2.24, 2.45) is 0 Å². The number of para-hydroxylation sites is 1. The van der Waals surface area contributed by atoms with Crippen molar-refractivity contribution < 1.29 is 4.79 Å². The second-order valence-electron chi connectivity index (χ2n) is 6.39. The third-order valence-electron chi connectivity index (χ3n) is 4.58. The predicted molar refractivity (Wildman–Crippen MR) is 109 cm³/mol. The van der Waals surface area contributed by atoms with E-state index >= 15 is 0 Å². The van der Waals surface area contributed by atoms with Crippen LogP contribution >= 0.6 is 11.8 Å². The molecule has 0 aliphatic carbocycles. The van der Waals surface area contributed by atoms with E-state index in [1.165, 1.54) is 17.3 Å². The summed E-state index contributed by atoms with van der Waals surface area (Å²) < 4.78 is 1.69. The van der Waals surface area contributed by atoms with Gasteiger partial charge < -0.3 is 5.32 Å². The monoisotopic (exact) mass is 381 g/mol. The number of thioether (sulfide) groups is 1. The molecule has 0 atom stereocenters. The molecule has 6 nitrogen and oxygen atoms in total. The second kappa shape index (κ2) is 8.35. The number of benzene rings is 2. The molecule has 1 amide bonds. The molecule has 0 spiro atoms. The Bertz CT molecular complexity index is 967. The fourth-order valence-corrected chi connectivity index (χ4v) is 3.58. The first-order valence-corrected chi connectivity index (χ1v) is 9.86. The smallest absolute Gasteiger partial charge is 0.234 e. The number of hydrogen-bond acceptors (Lipinski definition) is 5. The number of nitrogens with zero attached hydrogens (tertiary/aromatic N) is 4. The van der Waals surface area contributed by atoms with Crippen LogP contribution in [0.1, 0.15) is 29.2 Å². The first kappa shape index (κ1) is 19.1. The highest BCUT2D eigenvalue weighted by atomic mass is 32.2. The zero-order valence-corrected chi connectivity index (χ0v) is 16.8. The lowest BCUT2D eigenvalue weighted by Crippen LogP contribution is -2.16. The number of rotatable bonds is 6. The molecule has 0 bridgehead atoms. The minimum Gasteiger partial charge on any atom is -0.325 e. The van der Waals surface area contributed by atoms with Gasteiger partial charge in [0.05, 0.1) is 11.4 Å². The molecule has 1 aromatic heterocycles. The maximum atomic E-state index is 12.5. The first-order valence-electron chi connectivity index (χ1n) is 8.87. The number of hydrogen-bond donors (Lipinski definition) is 1. The van der Waals surface area contributed by atoms with Gasteiger partial charge in [0, 0.05) is 5.69 Å². The van der Waals surface area contributed by atoms with Crippen LogP contribution in [0.3, 0.4) is 0 Å². The van der Waals surface area contributed by atoms with Crippen molar-refractivity contribution in [1.29, 1.82) is 0 Å². The number of anilines is 1. The average molecular weight is 382 g/mol. The molecule has 0 unspecified atom stereocenters. The highest BCUT2D eigenvalue weighted by Crippen LogP contribution is 2.24. The van der Waals surface area contributed by atoms with Gasteiger partial charge in [0.25, 0.3) is 0 Å². The van der Waals surface area contributed by atoms with Gasteiger partial charge in [-0.25, -0.2) is 0 Å². The molecule has 0 saturated heterocycles. The maximum absolute atomic E-state index is 12.5. The third-order valence-corrected chi connectivity index (χ3v) is 5.50. The van der Waals surface area contributed by atoms with Gasteiger partial charge in [-0.1, -0.05) is 49.0 Å². The molecular formula is C20H23N5OS. The van der Waals surface area contributed by atoms with E-state index in [1.54, 1.807) is 4.68 Å². The lowest BCUT2D eigenvalue weighted by Gasteiger charge is -2.13. The van der Waals surface area contributed by atoms with Crippen molar-refractivity contribution in [2.75, 3.05) is 11.1 Å². The van der Waals surface area contributed by atoms with E-state index < -0.39 is 0 Å². The van der Waals surface area contributed by atoms with Gasteiger partial charge in [0.15, 0.2) is 0 Å². The predicted octanol–water partition coefficient (Wildman–Crippen LogP) is 3.88. The van der Waals surface area contributed by atoms with Crippen molar-refractivity contribution in [3.05, 3.63) is 58.7 Å². The molecule has 7 heteroatoms. The quantitative estimate of drug-likeness (QED) is 0.656. The van der Waals surface area contributed by atoms with Gasteiger partial charge in [-0.2, -0.15) is 4.68 Å². The van der Waals surface area contributed by atoms with E-state index in [0.29, 0.717) is 5.16 Å². The van der Waals surface area contributed by atoms with Crippen LogP contribution < -0.4 is 5.32 Å². The molecule has 1 N–H and O–H groups in total. The number of carbonyl (C=O) groups excluding carboxylic acids is 1. The molecule has 0 aliphatic heterocycles. The number of aryl methyl sites for hydroxylation is 3. The number of aromatic nitrogens is 4. The van der Waals surface area contributed by atoms with Gasteiger partial charge in [0.2, 0.25) is 11.1 Å². The molecule has 3 aromatic rings. The Morgan fingerprint density at radius 2 is 1.85 bits per heavy atom. The van der Waals surface area contributed by atoms with Crippen LogP contribution in [0.25, 0.3) is 5.69 Å². The van der Waals surface area contributed by atoms with Crippen LogP contribution in [0, 0.1) is 20.8 Å². The molecule has 0 fully saturated rings. The zero-order valence-electron chi connectivity index (χ0n) is 16.0. The van der Waals surface area contributed by atoms with Crippen LogP contribution in [0.15, 0.2) is 41.6 Å². The number of nitrogens with one attached hydrogen (secondary N) is 1. The Labute approximate surface area is 163 Å². The Morgan fingerprint density at radius 1 is 1.11 bits per heavy atom. The standard InChI is InChI=1S/C20H23N5OS/c1-5-16-10-6-9-14(3)19(16)21-18(26)12-27-20-22-23-24-25(20)17-11-7-8-13(2)15(17)4/h6-11H,5,12H2,1-4H3,(H,21,26). The van der Waals surface area contributed by atoms with Gasteiger partial charge >= 0.3 is 0 Å². The largest absolute Gasteiger partial charge is 0.325 e. The van der Waals surface area contributed by atoms with E-state index in [-0.39, 0.29) is 11.7 Å². The SMILES string of the molecule is CCc1cccc(C)c1NC(=O)CSc1nnnn1-c1cccc(C)c1C. The molecule has 1 heterocycles.